The lowest BCUT2D eigenvalue weighted by molar-refractivity contribution is 0.0732. The molecule has 4 rings (SSSR count). The predicted octanol–water partition coefficient (Wildman–Crippen LogP) is 2.53. The first kappa shape index (κ1) is 14.0. The van der Waals surface area contributed by atoms with E-state index in [2.05, 4.69) is 10.3 Å². The zero-order valence-electron chi connectivity index (χ0n) is 11.6. The van der Waals surface area contributed by atoms with Crippen molar-refractivity contribution in [1.29, 1.82) is 0 Å². The number of hydrogen-bond acceptors (Lipinski definition) is 2. The fourth-order valence-electron chi connectivity index (χ4n) is 3.55. The number of nitrogens with one attached hydrogen (secondary N) is 2. The molecule has 1 aromatic heterocycles. The van der Waals surface area contributed by atoms with E-state index in [0.717, 1.165) is 19.5 Å². The van der Waals surface area contributed by atoms with Crippen LogP contribution in [0, 0.1) is 17.6 Å². The first-order valence-electron chi connectivity index (χ1n) is 7.24. The summed E-state index contributed by atoms with van der Waals surface area (Å²) >= 11 is 5.65. The van der Waals surface area contributed by atoms with Crippen molar-refractivity contribution in [3.63, 3.8) is 0 Å². The van der Waals surface area contributed by atoms with Crippen molar-refractivity contribution < 1.29 is 13.6 Å². The molecule has 0 bridgehead atoms. The number of rotatable bonds is 1. The topological polar surface area (TPSA) is 48.1 Å². The number of benzene rings is 1. The lowest BCUT2D eigenvalue weighted by Gasteiger charge is -2.22. The number of carbonyl (C=O) groups excluding carboxylic acids is 1. The standard InChI is InChI=1S/C15H14ClF2N3O/c16-9-3-8-4-10(20-14(8)13(18)12(9)17)15(22)21-2-1-7-5-19-6-11(7)21/h3-4,7,11,19-20H,1-2,5-6H2. The van der Waals surface area contributed by atoms with Crippen molar-refractivity contribution in [2.24, 2.45) is 5.92 Å². The number of aromatic amines is 1. The van der Waals surface area contributed by atoms with E-state index >= 15 is 0 Å². The number of fused-ring (bicyclic) bond motifs is 2. The zero-order valence-corrected chi connectivity index (χ0v) is 12.4. The van der Waals surface area contributed by atoms with Crippen LogP contribution < -0.4 is 5.32 Å². The van der Waals surface area contributed by atoms with Crippen LogP contribution in [-0.2, 0) is 0 Å². The number of aromatic nitrogens is 1. The molecule has 116 valence electrons. The van der Waals surface area contributed by atoms with Crippen molar-refractivity contribution >= 4 is 28.4 Å². The van der Waals surface area contributed by atoms with Crippen molar-refractivity contribution in [3.8, 4) is 0 Å². The van der Waals surface area contributed by atoms with Gasteiger partial charge in [0.05, 0.1) is 10.5 Å². The maximum atomic E-state index is 13.9. The monoisotopic (exact) mass is 325 g/mol. The maximum Gasteiger partial charge on any atom is 0.270 e. The van der Waals surface area contributed by atoms with E-state index in [1.807, 2.05) is 4.90 Å². The fourth-order valence-corrected chi connectivity index (χ4v) is 3.75. The van der Waals surface area contributed by atoms with Crippen LogP contribution >= 0.6 is 11.6 Å². The number of H-pyrrole nitrogens is 1. The van der Waals surface area contributed by atoms with Crippen LogP contribution in [0.25, 0.3) is 10.9 Å². The Bertz CT molecular complexity index is 776. The molecule has 2 aliphatic heterocycles. The van der Waals surface area contributed by atoms with E-state index < -0.39 is 11.6 Å². The molecule has 4 nitrogen and oxygen atoms in total. The molecule has 1 amide bonds. The molecule has 0 spiro atoms. The van der Waals surface area contributed by atoms with Crippen molar-refractivity contribution in [2.75, 3.05) is 19.6 Å². The Morgan fingerprint density at radius 2 is 2.09 bits per heavy atom. The average molecular weight is 326 g/mol. The molecule has 2 aliphatic rings. The third-order valence-corrected chi connectivity index (χ3v) is 4.96. The number of hydrogen-bond donors (Lipinski definition) is 2. The minimum Gasteiger partial charge on any atom is -0.348 e. The molecule has 22 heavy (non-hydrogen) atoms. The molecule has 7 heteroatoms. The summed E-state index contributed by atoms with van der Waals surface area (Å²) in [4.78, 5) is 17.2. The van der Waals surface area contributed by atoms with Crippen LogP contribution in [0.15, 0.2) is 12.1 Å². The van der Waals surface area contributed by atoms with Crippen LogP contribution in [0.1, 0.15) is 16.9 Å². The second-order valence-electron chi connectivity index (χ2n) is 5.91. The van der Waals surface area contributed by atoms with Crippen molar-refractivity contribution in [2.45, 2.75) is 12.5 Å². The lowest BCUT2D eigenvalue weighted by Crippen LogP contribution is -2.39. The van der Waals surface area contributed by atoms with Gasteiger partial charge in [-0.3, -0.25) is 4.79 Å². The first-order chi connectivity index (χ1) is 10.6. The molecule has 1 aromatic carbocycles. The second-order valence-corrected chi connectivity index (χ2v) is 6.31. The first-order valence-corrected chi connectivity index (χ1v) is 7.62. The average Bonchev–Trinajstić information content (AvgIpc) is 3.18. The molecule has 2 fully saturated rings. The molecule has 2 atom stereocenters. The van der Waals surface area contributed by atoms with Gasteiger partial charge >= 0.3 is 0 Å². The van der Waals surface area contributed by atoms with Gasteiger partial charge in [-0.25, -0.2) is 8.78 Å². The van der Waals surface area contributed by atoms with Gasteiger partial charge in [0.2, 0.25) is 0 Å². The number of nitrogens with zero attached hydrogens (tertiary/aromatic N) is 1. The summed E-state index contributed by atoms with van der Waals surface area (Å²) in [5, 5.41) is 3.39. The largest absolute Gasteiger partial charge is 0.348 e. The Labute approximate surface area is 130 Å². The maximum absolute atomic E-state index is 13.9. The third kappa shape index (κ3) is 1.94. The van der Waals surface area contributed by atoms with Crippen molar-refractivity contribution in [1.82, 2.24) is 15.2 Å². The van der Waals surface area contributed by atoms with Gasteiger partial charge in [-0.2, -0.15) is 0 Å². The molecular formula is C15H14ClF2N3O. The Morgan fingerprint density at radius 3 is 2.91 bits per heavy atom. The summed E-state index contributed by atoms with van der Waals surface area (Å²) < 4.78 is 27.4. The van der Waals surface area contributed by atoms with E-state index in [4.69, 9.17) is 11.6 Å². The van der Waals surface area contributed by atoms with E-state index in [1.165, 1.54) is 12.1 Å². The number of halogens is 3. The van der Waals surface area contributed by atoms with Gasteiger partial charge in [-0.15, -0.1) is 0 Å². The van der Waals surface area contributed by atoms with Crippen LogP contribution in [0.5, 0.6) is 0 Å². The molecule has 2 unspecified atom stereocenters. The molecule has 2 N–H and O–H groups in total. The summed E-state index contributed by atoms with van der Waals surface area (Å²) in [7, 11) is 0. The molecule has 2 saturated heterocycles. The van der Waals surface area contributed by atoms with E-state index in [-0.39, 0.29) is 28.2 Å². The van der Waals surface area contributed by atoms with Gasteiger partial charge in [0, 0.05) is 31.1 Å². The van der Waals surface area contributed by atoms with Gasteiger partial charge in [-0.05, 0) is 24.5 Å². The summed E-state index contributed by atoms with van der Waals surface area (Å²) in [6, 6.07) is 3.04. The highest BCUT2D eigenvalue weighted by atomic mass is 35.5. The normalized spacial score (nSPS) is 24.2. The summed E-state index contributed by atoms with van der Waals surface area (Å²) in [6.45, 7) is 2.41. The summed E-state index contributed by atoms with van der Waals surface area (Å²) in [5.41, 5.74) is 0.244. The van der Waals surface area contributed by atoms with Gasteiger partial charge < -0.3 is 15.2 Å². The van der Waals surface area contributed by atoms with Crippen LogP contribution in [0.2, 0.25) is 5.02 Å². The highest BCUT2D eigenvalue weighted by Crippen LogP contribution is 2.31. The fraction of sp³-hybridized carbons (Fsp3) is 0.400. The summed E-state index contributed by atoms with van der Waals surface area (Å²) in [5.74, 6) is -1.85. The highest BCUT2D eigenvalue weighted by molar-refractivity contribution is 6.31. The van der Waals surface area contributed by atoms with Gasteiger partial charge in [0.15, 0.2) is 11.6 Å². The van der Waals surface area contributed by atoms with Crippen LogP contribution in [0.3, 0.4) is 0 Å². The quantitative estimate of drug-likeness (QED) is 0.792. The Kier molecular flexibility index (Phi) is 3.13. The van der Waals surface area contributed by atoms with E-state index in [9.17, 15) is 13.6 Å². The minimum atomic E-state index is -1.10. The lowest BCUT2D eigenvalue weighted by atomic mass is 10.1. The zero-order chi connectivity index (χ0) is 15.4. The molecule has 2 aromatic rings. The molecule has 0 saturated carbocycles. The molecule has 0 radical (unpaired) electrons. The Morgan fingerprint density at radius 1 is 1.27 bits per heavy atom. The van der Waals surface area contributed by atoms with Gasteiger partial charge in [-0.1, -0.05) is 11.6 Å². The third-order valence-electron chi connectivity index (χ3n) is 4.69. The van der Waals surface area contributed by atoms with Gasteiger partial charge in [0.1, 0.15) is 5.69 Å². The molecular weight excluding hydrogens is 312 g/mol. The summed E-state index contributed by atoms with van der Waals surface area (Å²) in [6.07, 6.45) is 0.971. The van der Waals surface area contributed by atoms with Crippen LogP contribution in [0.4, 0.5) is 8.78 Å². The SMILES string of the molecule is O=C(c1cc2cc(Cl)c(F)c(F)c2[nH]1)N1CCC2CNCC21. The van der Waals surface area contributed by atoms with Crippen molar-refractivity contribution in [3.05, 3.63) is 34.5 Å². The number of carbonyl (C=O) groups is 1. The van der Waals surface area contributed by atoms with Crippen LogP contribution in [-0.4, -0.2) is 41.5 Å². The van der Waals surface area contributed by atoms with E-state index in [0.29, 0.717) is 17.8 Å². The number of amides is 1. The molecule has 0 aliphatic carbocycles. The Hall–Kier alpha value is -1.66. The second kappa shape index (κ2) is 4.93. The van der Waals surface area contributed by atoms with Gasteiger partial charge in [0.25, 0.3) is 5.91 Å². The minimum absolute atomic E-state index is 0.0226. The number of likely N-dealkylation sites (tertiary alicyclic amines) is 1. The van der Waals surface area contributed by atoms with E-state index in [1.54, 1.807) is 0 Å². The Balaban J connectivity index is 1.72. The molecule has 3 heterocycles. The highest BCUT2D eigenvalue weighted by Gasteiger charge is 2.40. The predicted molar refractivity (Wildman–Crippen MR) is 79.0 cm³/mol. The smallest absolute Gasteiger partial charge is 0.270 e.